The van der Waals surface area contributed by atoms with Gasteiger partial charge in [-0.2, -0.15) is 10.4 Å². The van der Waals surface area contributed by atoms with Crippen LogP contribution in [0.3, 0.4) is 0 Å². The van der Waals surface area contributed by atoms with Crippen molar-refractivity contribution >= 4 is 0 Å². The summed E-state index contributed by atoms with van der Waals surface area (Å²) in [5.74, 6) is 0.786. The van der Waals surface area contributed by atoms with E-state index in [0.29, 0.717) is 5.69 Å². The summed E-state index contributed by atoms with van der Waals surface area (Å²) in [6, 6.07) is 8.98. The average Bonchev–Trinajstić information content (AvgIpc) is 2.41. The fourth-order valence-electron chi connectivity index (χ4n) is 1.87. The van der Waals surface area contributed by atoms with Crippen molar-refractivity contribution in [3.8, 4) is 23.1 Å². The van der Waals surface area contributed by atoms with Gasteiger partial charge in [0.25, 0.3) is 5.56 Å². The molecule has 0 amide bonds. The topological polar surface area (TPSA) is 67.9 Å². The summed E-state index contributed by atoms with van der Waals surface area (Å²) in [4.78, 5) is 11.6. The third-order valence-electron chi connectivity index (χ3n) is 2.87. The van der Waals surface area contributed by atoms with Crippen LogP contribution in [0.5, 0.6) is 5.75 Å². The summed E-state index contributed by atoms with van der Waals surface area (Å²) < 4.78 is 6.37. The highest BCUT2D eigenvalue weighted by molar-refractivity contribution is 5.62. The Morgan fingerprint density at radius 3 is 2.68 bits per heavy atom. The maximum Gasteiger partial charge on any atom is 0.284 e. The van der Waals surface area contributed by atoms with Crippen LogP contribution < -0.4 is 10.3 Å². The number of ether oxygens (including phenoxy) is 1. The number of nitrogens with zero attached hydrogens (tertiary/aromatic N) is 3. The maximum atomic E-state index is 11.6. The lowest BCUT2D eigenvalue weighted by atomic mass is 10.1. The molecule has 1 aromatic heterocycles. The van der Waals surface area contributed by atoms with E-state index in [4.69, 9.17) is 10.00 Å². The molecule has 0 N–H and O–H groups in total. The fraction of sp³-hybridized carbons (Fsp3) is 0.214. The number of aromatic nitrogens is 2. The number of hydrogen-bond acceptors (Lipinski definition) is 4. The zero-order valence-electron chi connectivity index (χ0n) is 11.0. The van der Waals surface area contributed by atoms with E-state index in [-0.39, 0.29) is 5.56 Å². The lowest BCUT2D eigenvalue weighted by Crippen LogP contribution is -2.22. The number of nitriles is 1. The van der Waals surface area contributed by atoms with Gasteiger partial charge in [-0.05, 0) is 36.8 Å². The third-order valence-corrected chi connectivity index (χ3v) is 2.87. The van der Waals surface area contributed by atoms with Crippen LogP contribution in [0.15, 0.2) is 29.1 Å². The van der Waals surface area contributed by atoms with Gasteiger partial charge < -0.3 is 4.74 Å². The Balaban J connectivity index is 2.60. The summed E-state index contributed by atoms with van der Waals surface area (Å²) in [5, 5.41) is 13.1. The van der Waals surface area contributed by atoms with Gasteiger partial charge in [0, 0.05) is 12.6 Å². The van der Waals surface area contributed by atoms with Crippen LogP contribution in [0.2, 0.25) is 0 Å². The highest BCUT2D eigenvalue weighted by Gasteiger charge is 2.09. The molecule has 0 aliphatic carbocycles. The number of rotatable bonds is 2. The SMILES string of the molecule is COc1ccc(-c2cc(C#N)c(=O)n(C)n2)cc1C. The molecule has 5 heteroatoms. The van der Waals surface area contributed by atoms with Crippen LogP contribution >= 0.6 is 0 Å². The normalized spacial score (nSPS) is 10.0. The summed E-state index contributed by atoms with van der Waals surface area (Å²) >= 11 is 0. The summed E-state index contributed by atoms with van der Waals surface area (Å²) in [7, 11) is 3.14. The quantitative estimate of drug-likeness (QED) is 0.818. The highest BCUT2D eigenvalue weighted by Crippen LogP contribution is 2.24. The third kappa shape index (κ3) is 2.33. The van der Waals surface area contributed by atoms with Crippen molar-refractivity contribution in [2.75, 3.05) is 7.11 Å². The van der Waals surface area contributed by atoms with Gasteiger partial charge >= 0.3 is 0 Å². The lowest BCUT2D eigenvalue weighted by molar-refractivity contribution is 0.412. The largest absolute Gasteiger partial charge is 0.496 e. The second-order valence-corrected chi connectivity index (χ2v) is 4.17. The molecule has 2 rings (SSSR count). The van der Waals surface area contributed by atoms with Crippen molar-refractivity contribution in [3.63, 3.8) is 0 Å². The molecule has 1 aromatic carbocycles. The predicted molar refractivity (Wildman–Crippen MR) is 70.9 cm³/mol. The van der Waals surface area contributed by atoms with E-state index in [0.717, 1.165) is 16.9 Å². The molecule has 0 atom stereocenters. The second kappa shape index (κ2) is 4.94. The minimum Gasteiger partial charge on any atom is -0.496 e. The van der Waals surface area contributed by atoms with E-state index in [1.165, 1.54) is 17.8 Å². The Bertz CT molecular complexity index is 726. The van der Waals surface area contributed by atoms with Gasteiger partial charge in [-0.25, -0.2) is 4.68 Å². The Labute approximate surface area is 110 Å². The number of aryl methyl sites for hydroxylation is 2. The number of methoxy groups -OCH3 is 1. The molecule has 5 nitrogen and oxygen atoms in total. The minimum atomic E-state index is -0.392. The Hall–Kier alpha value is -2.61. The molecule has 0 bridgehead atoms. The molecule has 0 fully saturated rings. The first kappa shape index (κ1) is 12.8. The van der Waals surface area contributed by atoms with E-state index >= 15 is 0 Å². The Morgan fingerprint density at radius 2 is 2.11 bits per heavy atom. The predicted octanol–water partition coefficient (Wildman–Crippen LogP) is 1.64. The molecule has 0 aliphatic heterocycles. The smallest absolute Gasteiger partial charge is 0.284 e. The van der Waals surface area contributed by atoms with Crippen molar-refractivity contribution in [1.82, 2.24) is 9.78 Å². The lowest BCUT2D eigenvalue weighted by Gasteiger charge is -2.08. The second-order valence-electron chi connectivity index (χ2n) is 4.17. The molecule has 2 aromatic rings. The number of benzene rings is 1. The van der Waals surface area contributed by atoms with Crippen LogP contribution in [0, 0.1) is 18.3 Å². The van der Waals surface area contributed by atoms with Gasteiger partial charge in [-0.1, -0.05) is 0 Å². The van der Waals surface area contributed by atoms with Gasteiger partial charge in [0.1, 0.15) is 17.4 Å². The first-order valence-corrected chi connectivity index (χ1v) is 5.70. The van der Waals surface area contributed by atoms with Crippen LogP contribution in [0.4, 0.5) is 0 Å². The van der Waals surface area contributed by atoms with E-state index < -0.39 is 5.56 Å². The molecule has 0 saturated heterocycles. The van der Waals surface area contributed by atoms with Gasteiger partial charge in [-0.3, -0.25) is 4.79 Å². The van der Waals surface area contributed by atoms with Gasteiger partial charge in [0.2, 0.25) is 0 Å². The first-order valence-electron chi connectivity index (χ1n) is 5.70. The highest BCUT2D eigenvalue weighted by atomic mass is 16.5. The molecule has 0 radical (unpaired) electrons. The number of hydrogen-bond donors (Lipinski definition) is 0. The monoisotopic (exact) mass is 255 g/mol. The summed E-state index contributed by atoms with van der Waals surface area (Å²) in [6.07, 6.45) is 0. The van der Waals surface area contributed by atoms with E-state index in [2.05, 4.69) is 5.10 Å². The summed E-state index contributed by atoms with van der Waals surface area (Å²) in [5.41, 5.74) is 2.08. The fourth-order valence-corrected chi connectivity index (χ4v) is 1.87. The van der Waals surface area contributed by atoms with Crippen molar-refractivity contribution in [2.24, 2.45) is 7.05 Å². The molecule has 0 saturated carbocycles. The standard InChI is InChI=1S/C14H13N3O2/c1-9-6-10(4-5-13(9)19-3)12-7-11(8-15)14(18)17(2)16-12/h4-7H,1-3H3. The maximum absolute atomic E-state index is 11.6. The molecular formula is C14H13N3O2. The average molecular weight is 255 g/mol. The van der Waals surface area contributed by atoms with Crippen LogP contribution in [0.25, 0.3) is 11.3 Å². The first-order chi connectivity index (χ1) is 9.06. The Morgan fingerprint density at radius 1 is 1.37 bits per heavy atom. The molecular weight excluding hydrogens is 242 g/mol. The van der Waals surface area contributed by atoms with E-state index in [9.17, 15) is 4.79 Å². The van der Waals surface area contributed by atoms with E-state index in [1.807, 2.05) is 31.2 Å². The minimum absolute atomic E-state index is 0.0842. The molecule has 1 heterocycles. The van der Waals surface area contributed by atoms with Crippen LogP contribution in [-0.4, -0.2) is 16.9 Å². The van der Waals surface area contributed by atoms with Crippen molar-refractivity contribution in [2.45, 2.75) is 6.92 Å². The Kier molecular flexibility index (Phi) is 3.34. The van der Waals surface area contributed by atoms with Crippen molar-refractivity contribution < 1.29 is 4.74 Å². The molecule has 0 spiro atoms. The van der Waals surface area contributed by atoms with E-state index in [1.54, 1.807) is 7.11 Å². The van der Waals surface area contributed by atoms with Gasteiger partial charge in [-0.15, -0.1) is 0 Å². The van der Waals surface area contributed by atoms with Gasteiger partial charge in [0.05, 0.1) is 12.8 Å². The van der Waals surface area contributed by atoms with Gasteiger partial charge in [0.15, 0.2) is 0 Å². The molecule has 19 heavy (non-hydrogen) atoms. The van der Waals surface area contributed by atoms with Crippen molar-refractivity contribution in [1.29, 1.82) is 5.26 Å². The zero-order chi connectivity index (χ0) is 14.0. The molecule has 0 unspecified atom stereocenters. The van der Waals surface area contributed by atoms with Crippen LogP contribution in [0.1, 0.15) is 11.1 Å². The molecule has 96 valence electrons. The van der Waals surface area contributed by atoms with Crippen molar-refractivity contribution in [3.05, 3.63) is 45.7 Å². The zero-order valence-corrected chi connectivity index (χ0v) is 11.0. The summed E-state index contributed by atoms with van der Waals surface area (Å²) in [6.45, 7) is 1.93. The molecule has 0 aliphatic rings. The van der Waals surface area contributed by atoms with Crippen LogP contribution in [-0.2, 0) is 7.05 Å².